The van der Waals surface area contributed by atoms with Gasteiger partial charge in [-0.15, -0.1) is 0 Å². The SMILES string of the molecule is Oc1ccc([O][SnH])nn1. The summed E-state index contributed by atoms with van der Waals surface area (Å²) >= 11 is 0.648. The van der Waals surface area contributed by atoms with E-state index in [0.29, 0.717) is 28.8 Å². The molecule has 1 rings (SSSR count). The van der Waals surface area contributed by atoms with Gasteiger partial charge in [0.15, 0.2) is 0 Å². The average Bonchev–Trinajstić information content (AvgIpc) is 1.90. The quantitative estimate of drug-likeness (QED) is 0.654. The van der Waals surface area contributed by atoms with E-state index in [2.05, 4.69) is 10.2 Å². The van der Waals surface area contributed by atoms with Gasteiger partial charge in [0.25, 0.3) is 0 Å². The first kappa shape index (κ1) is 6.60. The number of aromatic hydroxyl groups is 1. The van der Waals surface area contributed by atoms with Gasteiger partial charge in [-0.3, -0.25) is 0 Å². The fraction of sp³-hybridized carbons (Fsp3) is 0. The number of aromatic nitrogens is 2. The Kier molecular flexibility index (Phi) is 2.10. The third-order valence-electron chi connectivity index (χ3n) is 0.747. The van der Waals surface area contributed by atoms with E-state index in [1.165, 1.54) is 6.07 Å². The van der Waals surface area contributed by atoms with E-state index < -0.39 is 0 Å². The Morgan fingerprint density at radius 2 is 2.22 bits per heavy atom. The van der Waals surface area contributed by atoms with Crippen LogP contribution in [0, 0.1) is 0 Å². The molecule has 4 nitrogen and oxygen atoms in total. The topological polar surface area (TPSA) is 55.2 Å². The maximum absolute atomic E-state index is 8.63. The Morgan fingerprint density at radius 3 is 2.67 bits per heavy atom. The van der Waals surface area contributed by atoms with Gasteiger partial charge in [0.2, 0.25) is 0 Å². The Balaban J connectivity index is 2.88. The predicted octanol–water partition coefficient (Wildman–Crippen LogP) is -0.623. The molecule has 2 radical (unpaired) electrons. The van der Waals surface area contributed by atoms with Crippen LogP contribution in [0.2, 0.25) is 0 Å². The molecular weight excluding hydrogens is 227 g/mol. The Hall–Kier alpha value is -0.521. The molecule has 0 bridgehead atoms. The van der Waals surface area contributed by atoms with Crippen molar-refractivity contribution >= 4 is 22.9 Å². The van der Waals surface area contributed by atoms with Crippen LogP contribution in [0.25, 0.3) is 0 Å². The summed E-state index contributed by atoms with van der Waals surface area (Å²) < 4.78 is 4.81. The van der Waals surface area contributed by atoms with Gasteiger partial charge in [0.05, 0.1) is 0 Å². The van der Waals surface area contributed by atoms with E-state index >= 15 is 0 Å². The van der Waals surface area contributed by atoms with E-state index in [-0.39, 0.29) is 5.88 Å². The first-order valence-corrected chi connectivity index (χ1v) is 3.57. The van der Waals surface area contributed by atoms with Crippen LogP contribution in [-0.4, -0.2) is 38.2 Å². The molecule has 1 aromatic heterocycles. The number of hydrogen-bond acceptors (Lipinski definition) is 4. The van der Waals surface area contributed by atoms with Gasteiger partial charge in [-0.1, -0.05) is 0 Å². The molecule has 0 atom stereocenters. The molecule has 0 aliphatic heterocycles. The maximum atomic E-state index is 8.63. The summed E-state index contributed by atoms with van der Waals surface area (Å²) in [6.45, 7) is 0. The molecule has 0 unspecified atom stereocenters. The minimum absolute atomic E-state index is 0.0867. The van der Waals surface area contributed by atoms with Crippen LogP contribution in [0.3, 0.4) is 0 Å². The van der Waals surface area contributed by atoms with Crippen molar-refractivity contribution in [1.82, 2.24) is 10.2 Å². The van der Waals surface area contributed by atoms with Gasteiger partial charge in [0, 0.05) is 0 Å². The zero-order valence-electron chi connectivity index (χ0n) is 4.48. The van der Waals surface area contributed by atoms with Crippen LogP contribution in [0.5, 0.6) is 11.8 Å². The van der Waals surface area contributed by atoms with Gasteiger partial charge in [-0.25, -0.2) is 0 Å². The molecule has 0 spiro atoms. The third-order valence-corrected chi connectivity index (χ3v) is 1.44. The zero-order valence-corrected chi connectivity index (χ0v) is 7.78. The second-order valence-electron chi connectivity index (χ2n) is 1.35. The van der Waals surface area contributed by atoms with E-state index in [9.17, 15) is 0 Å². The second-order valence-corrected chi connectivity index (χ2v) is 2.02. The molecule has 0 fully saturated rings. The van der Waals surface area contributed by atoms with Crippen LogP contribution in [0.15, 0.2) is 12.1 Å². The second kappa shape index (κ2) is 2.86. The van der Waals surface area contributed by atoms with Crippen LogP contribution in [0.4, 0.5) is 0 Å². The van der Waals surface area contributed by atoms with Crippen molar-refractivity contribution in [2.75, 3.05) is 0 Å². The van der Waals surface area contributed by atoms with E-state index in [1.807, 2.05) is 0 Å². The fourth-order valence-corrected chi connectivity index (χ4v) is 0.735. The first-order valence-electron chi connectivity index (χ1n) is 2.22. The molecule has 1 aromatic rings. The van der Waals surface area contributed by atoms with Crippen LogP contribution >= 0.6 is 0 Å². The van der Waals surface area contributed by atoms with E-state index in [4.69, 9.17) is 8.18 Å². The van der Waals surface area contributed by atoms with Gasteiger partial charge in [0.1, 0.15) is 0 Å². The molecule has 0 saturated heterocycles. The molecule has 0 amide bonds. The summed E-state index contributed by atoms with van der Waals surface area (Å²) in [7, 11) is 0. The van der Waals surface area contributed by atoms with Crippen molar-refractivity contribution in [3.63, 3.8) is 0 Å². The molecule has 0 aliphatic carbocycles. The van der Waals surface area contributed by atoms with Crippen molar-refractivity contribution < 1.29 is 8.18 Å². The summed E-state index contributed by atoms with van der Waals surface area (Å²) in [4.78, 5) is 0. The molecule has 0 aromatic carbocycles. The predicted molar refractivity (Wildman–Crippen MR) is 31.5 cm³/mol. The number of hydrogen-bond donors (Lipinski definition) is 1. The Morgan fingerprint density at radius 1 is 1.44 bits per heavy atom. The van der Waals surface area contributed by atoms with Crippen molar-refractivity contribution in [2.45, 2.75) is 0 Å². The van der Waals surface area contributed by atoms with E-state index in [1.54, 1.807) is 6.07 Å². The average molecular weight is 231 g/mol. The third kappa shape index (κ3) is 1.70. The van der Waals surface area contributed by atoms with Gasteiger partial charge >= 0.3 is 65.2 Å². The molecule has 1 N–H and O–H groups in total. The summed E-state index contributed by atoms with van der Waals surface area (Å²) in [6, 6.07) is 2.99. The van der Waals surface area contributed by atoms with Crippen molar-refractivity contribution in [1.29, 1.82) is 0 Å². The first-order chi connectivity index (χ1) is 4.33. The molecule has 46 valence electrons. The molecule has 9 heavy (non-hydrogen) atoms. The molecule has 0 aliphatic rings. The molecular formula is C4H4N2O2Sn. The van der Waals surface area contributed by atoms with Crippen molar-refractivity contribution in [2.24, 2.45) is 0 Å². The monoisotopic (exact) mass is 232 g/mol. The number of nitrogens with zero attached hydrogens (tertiary/aromatic N) is 2. The van der Waals surface area contributed by atoms with Gasteiger partial charge in [-0.2, -0.15) is 0 Å². The Bertz CT molecular complexity index is 188. The zero-order chi connectivity index (χ0) is 6.69. The van der Waals surface area contributed by atoms with Crippen LogP contribution < -0.4 is 3.07 Å². The summed E-state index contributed by atoms with van der Waals surface area (Å²) in [6.07, 6.45) is 0. The normalized spacial score (nSPS) is 9.00. The minimum atomic E-state index is -0.0867. The fourth-order valence-electron chi connectivity index (χ4n) is 0.376. The number of rotatable bonds is 1. The van der Waals surface area contributed by atoms with Crippen molar-refractivity contribution in [3.8, 4) is 11.8 Å². The summed E-state index contributed by atoms with van der Waals surface area (Å²) in [5.41, 5.74) is 0. The summed E-state index contributed by atoms with van der Waals surface area (Å²) in [5.74, 6) is 0.367. The van der Waals surface area contributed by atoms with Crippen LogP contribution in [0.1, 0.15) is 0 Å². The Labute approximate surface area is 65.5 Å². The van der Waals surface area contributed by atoms with Crippen molar-refractivity contribution in [3.05, 3.63) is 12.1 Å². The summed E-state index contributed by atoms with van der Waals surface area (Å²) in [5, 5.41) is 15.5. The van der Waals surface area contributed by atoms with Gasteiger partial charge < -0.3 is 0 Å². The molecule has 1 heterocycles. The molecule has 5 heteroatoms. The molecule has 0 saturated carbocycles. The van der Waals surface area contributed by atoms with E-state index in [0.717, 1.165) is 0 Å². The van der Waals surface area contributed by atoms with Gasteiger partial charge in [-0.05, 0) is 0 Å². The standard InChI is InChI=1S/C4H4N2O2.Sn.H/c7-3-1-2-4(8)6-5-3;;/h1-2H,(H,5,7)(H,6,8);;/q;+1;/p-1. The van der Waals surface area contributed by atoms with Crippen LogP contribution in [-0.2, 0) is 0 Å².